The Bertz CT molecular complexity index is 2630. The van der Waals surface area contributed by atoms with E-state index < -0.39 is 0 Å². The Morgan fingerprint density at radius 2 is 0.891 bits per heavy atom. The lowest BCUT2D eigenvalue weighted by Crippen LogP contribution is -1.94. The van der Waals surface area contributed by atoms with Gasteiger partial charge in [-0.1, -0.05) is 97.1 Å². The molecule has 0 fully saturated rings. The zero-order valence-corrected chi connectivity index (χ0v) is 24.9. The maximum Gasteiger partial charge on any atom is 0.0991 e. The van der Waals surface area contributed by atoms with Gasteiger partial charge in [0, 0.05) is 32.9 Å². The van der Waals surface area contributed by atoms with Crippen LogP contribution < -0.4 is 0 Å². The highest BCUT2D eigenvalue weighted by atomic mass is 15.0. The van der Waals surface area contributed by atoms with Crippen molar-refractivity contribution in [1.29, 1.82) is 5.26 Å². The molecule has 2 aromatic heterocycles. The van der Waals surface area contributed by atoms with E-state index in [1.54, 1.807) is 0 Å². The van der Waals surface area contributed by atoms with Crippen LogP contribution in [0.3, 0.4) is 0 Å². The van der Waals surface area contributed by atoms with Crippen LogP contribution in [0.25, 0.3) is 77.2 Å². The molecule has 0 saturated carbocycles. The predicted octanol–water partition coefficient (Wildman–Crippen LogP) is 11.1. The number of aromatic nitrogens is 2. The van der Waals surface area contributed by atoms with Crippen LogP contribution in [0, 0.1) is 11.3 Å². The van der Waals surface area contributed by atoms with E-state index in [0.29, 0.717) is 5.56 Å². The molecule has 0 radical (unpaired) electrons. The molecule has 0 amide bonds. The molecule has 3 heteroatoms. The summed E-state index contributed by atoms with van der Waals surface area (Å²) in [5.74, 6) is 0. The van der Waals surface area contributed by atoms with Crippen molar-refractivity contribution in [1.82, 2.24) is 9.13 Å². The first-order chi connectivity index (χ1) is 22.8. The van der Waals surface area contributed by atoms with Crippen LogP contribution in [0.1, 0.15) is 5.56 Å². The highest BCUT2D eigenvalue weighted by molar-refractivity contribution is 6.12. The van der Waals surface area contributed by atoms with Crippen molar-refractivity contribution in [3.63, 3.8) is 0 Å². The molecule has 0 atom stereocenters. The Hall–Kier alpha value is -6.37. The summed E-state index contributed by atoms with van der Waals surface area (Å²) in [6, 6.07) is 60.3. The van der Waals surface area contributed by atoms with E-state index in [1.807, 2.05) is 24.3 Å². The minimum Gasteiger partial charge on any atom is -0.309 e. The molecule has 0 spiro atoms. The number of hydrogen-bond donors (Lipinski definition) is 0. The number of para-hydroxylation sites is 3. The van der Waals surface area contributed by atoms with Gasteiger partial charge in [0.05, 0.1) is 33.7 Å². The minimum atomic E-state index is 0.664. The van der Waals surface area contributed by atoms with E-state index in [1.165, 1.54) is 54.7 Å². The molecule has 0 N–H and O–H groups in total. The van der Waals surface area contributed by atoms with Crippen molar-refractivity contribution < 1.29 is 0 Å². The first-order valence-electron chi connectivity index (χ1n) is 15.5. The Kier molecular flexibility index (Phi) is 5.88. The van der Waals surface area contributed by atoms with Crippen molar-refractivity contribution in [3.8, 4) is 39.7 Å². The molecule has 3 nitrogen and oxygen atoms in total. The van der Waals surface area contributed by atoms with Gasteiger partial charge in [-0.3, -0.25) is 0 Å². The van der Waals surface area contributed by atoms with Gasteiger partial charge >= 0.3 is 0 Å². The van der Waals surface area contributed by atoms with E-state index in [9.17, 15) is 5.26 Å². The van der Waals surface area contributed by atoms with Crippen molar-refractivity contribution in [2.45, 2.75) is 0 Å². The third-order valence-corrected chi connectivity index (χ3v) is 9.15. The van der Waals surface area contributed by atoms with Crippen molar-refractivity contribution in [3.05, 3.63) is 169 Å². The molecule has 46 heavy (non-hydrogen) atoms. The zero-order valence-electron chi connectivity index (χ0n) is 24.9. The van der Waals surface area contributed by atoms with Gasteiger partial charge in [-0.2, -0.15) is 5.26 Å². The van der Waals surface area contributed by atoms with Crippen molar-refractivity contribution in [2.24, 2.45) is 0 Å². The normalized spacial score (nSPS) is 11.5. The molecule has 0 bridgehead atoms. The Morgan fingerprint density at radius 3 is 1.65 bits per heavy atom. The molecule has 9 rings (SSSR count). The summed E-state index contributed by atoms with van der Waals surface area (Å²) in [5.41, 5.74) is 12.3. The van der Waals surface area contributed by atoms with Crippen LogP contribution in [-0.2, 0) is 0 Å². The van der Waals surface area contributed by atoms with Gasteiger partial charge in [0.1, 0.15) is 0 Å². The van der Waals surface area contributed by atoms with E-state index >= 15 is 0 Å². The van der Waals surface area contributed by atoms with Gasteiger partial charge in [-0.05, 0) is 89.0 Å². The van der Waals surface area contributed by atoms with Crippen molar-refractivity contribution in [2.75, 3.05) is 0 Å². The van der Waals surface area contributed by atoms with E-state index in [-0.39, 0.29) is 0 Å². The van der Waals surface area contributed by atoms with Crippen LogP contribution in [0.2, 0.25) is 0 Å². The average molecular weight is 586 g/mol. The third kappa shape index (κ3) is 4.05. The maximum absolute atomic E-state index is 9.27. The van der Waals surface area contributed by atoms with Crippen LogP contribution >= 0.6 is 0 Å². The maximum atomic E-state index is 9.27. The van der Waals surface area contributed by atoms with E-state index in [0.717, 1.165) is 22.5 Å². The molecule has 2 heterocycles. The molecule has 9 aromatic rings. The first kappa shape index (κ1) is 26.1. The summed E-state index contributed by atoms with van der Waals surface area (Å²) in [7, 11) is 0. The van der Waals surface area contributed by atoms with Crippen molar-refractivity contribution >= 4 is 43.6 Å². The second-order valence-electron chi connectivity index (χ2n) is 11.7. The molecule has 0 aliphatic carbocycles. The highest BCUT2D eigenvalue weighted by Gasteiger charge is 2.16. The average Bonchev–Trinajstić information content (AvgIpc) is 3.64. The summed E-state index contributed by atoms with van der Waals surface area (Å²) in [5, 5.41) is 14.2. The van der Waals surface area contributed by atoms with Crippen LogP contribution in [0.15, 0.2) is 164 Å². The summed E-state index contributed by atoms with van der Waals surface area (Å²) < 4.78 is 4.73. The Balaban J connectivity index is 1.23. The molecule has 0 aliphatic rings. The molecule has 0 aliphatic heterocycles. The van der Waals surface area contributed by atoms with Gasteiger partial charge in [0.25, 0.3) is 0 Å². The number of fused-ring (bicyclic) bond motifs is 6. The van der Waals surface area contributed by atoms with Gasteiger partial charge in [0.15, 0.2) is 0 Å². The summed E-state index contributed by atoms with van der Waals surface area (Å²) in [6.07, 6.45) is 0. The molecular weight excluding hydrogens is 558 g/mol. The summed E-state index contributed by atoms with van der Waals surface area (Å²) >= 11 is 0. The number of benzene rings is 7. The Labute approximate surface area is 266 Å². The third-order valence-electron chi connectivity index (χ3n) is 9.15. The fourth-order valence-electron chi connectivity index (χ4n) is 7.00. The van der Waals surface area contributed by atoms with Gasteiger partial charge in [-0.15, -0.1) is 0 Å². The second kappa shape index (κ2) is 10.4. The standard InChI is InChI=1S/C43H27N3/c44-28-29-17-19-30(20-18-29)31-9-8-12-35(25-31)46-40-15-6-4-13-36(40)38-23-21-33(27-43(38)46)32-22-24-42-39(26-32)37-14-5-7-16-41(37)45(42)34-10-2-1-3-11-34/h1-27H. The molecule has 7 aromatic carbocycles. The highest BCUT2D eigenvalue weighted by Crippen LogP contribution is 2.38. The van der Waals surface area contributed by atoms with Gasteiger partial charge < -0.3 is 9.13 Å². The van der Waals surface area contributed by atoms with E-state index in [4.69, 9.17) is 0 Å². The quantitative estimate of drug-likeness (QED) is 0.202. The molecule has 0 unspecified atom stereocenters. The smallest absolute Gasteiger partial charge is 0.0991 e. The Morgan fingerprint density at radius 1 is 0.348 bits per heavy atom. The minimum absolute atomic E-state index is 0.664. The monoisotopic (exact) mass is 585 g/mol. The fourth-order valence-corrected chi connectivity index (χ4v) is 7.00. The van der Waals surface area contributed by atoms with Gasteiger partial charge in [0.2, 0.25) is 0 Å². The number of nitrogens with zero attached hydrogens (tertiary/aromatic N) is 3. The zero-order chi connectivity index (χ0) is 30.6. The van der Waals surface area contributed by atoms with Gasteiger partial charge in [-0.25, -0.2) is 0 Å². The lowest BCUT2D eigenvalue weighted by atomic mass is 10.0. The number of hydrogen-bond acceptors (Lipinski definition) is 1. The molecular formula is C43H27N3. The van der Waals surface area contributed by atoms with Crippen LogP contribution in [-0.4, -0.2) is 9.13 Å². The predicted molar refractivity (Wildman–Crippen MR) is 191 cm³/mol. The summed E-state index contributed by atoms with van der Waals surface area (Å²) in [6.45, 7) is 0. The summed E-state index contributed by atoms with van der Waals surface area (Å²) in [4.78, 5) is 0. The largest absolute Gasteiger partial charge is 0.309 e. The lowest BCUT2D eigenvalue weighted by Gasteiger charge is -2.11. The SMILES string of the molecule is N#Cc1ccc(-c2cccc(-n3c4ccccc4c4ccc(-c5ccc6c(c5)c5ccccc5n6-c5ccccc5)cc43)c2)cc1. The second-order valence-corrected chi connectivity index (χ2v) is 11.7. The van der Waals surface area contributed by atoms with Crippen LogP contribution in [0.5, 0.6) is 0 Å². The topological polar surface area (TPSA) is 33.6 Å². The number of nitriles is 1. The van der Waals surface area contributed by atoms with E-state index in [2.05, 4.69) is 155 Å². The fraction of sp³-hybridized carbons (Fsp3) is 0. The lowest BCUT2D eigenvalue weighted by molar-refractivity contribution is 1.18. The first-order valence-corrected chi connectivity index (χ1v) is 15.5. The molecule has 0 saturated heterocycles. The molecule has 214 valence electrons. The number of rotatable bonds is 4. The van der Waals surface area contributed by atoms with Crippen LogP contribution in [0.4, 0.5) is 0 Å².